The van der Waals surface area contributed by atoms with Crippen LogP contribution < -0.4 is 15.8 Å². The summed E-state index contributed by atoms with van der Waals surface area (Å²) in [6.45, 7) is 5.13. The highest BCUT2D eigenvalue weighted by Crippen LogP contribution is 2.24. The van der Waals surface area contributed by atoms with Crippen LogP contribution in [0.3, 0.4) is 0 Å². The van der Waals surface area contributed by atoms with Gasteiger partial charge in [-0.25, -0.2) is 15.0 Å². The summed E-state index contributed by atoms with van der Waals surface area (Å²) in [6.07, 6.45) is 8.61. The van der Waals surface area contributed by atoms with Gasteiger partial charge < -0.3 is 15.8 Å². The van der Waals surface area contributed by atoms with Gasteiger partial charge in [0.1, 0.15) is 30.1 Å². The second-order valence-electron chi connectivity index (χ2n) is 8.36. The van der Waals surface area contributed by atoms with Gasteiger partial charge in [-0.1, -0.05) is 68.4 Å². The number of aliphatic imine (C=N–C) groups is 1. The maximum Gasteiger partial charge on any atom is 0.140 e. The third-order valence-corrected chi connectivity index (χ3v) is 5.87. The predicted molar refractivity (Wildman–Crippen MR) is 159 cm³/mol. The third-order valence-electron chi connectivity index (χ3n) is 5.87. The van der Waals surface area contributed by atoms with Gasteiger partial charge in [-0.15, -0.1) is 0 Å². The van der Waals surface area contributed by atoms with Crippen molar-refractivity contribution in [2.24, 2.45) is 10.7 Å². The van der Waals surface area contributed by atoms with Crippen LogP contribution in [0.15, 0.2) is 103 Å². The monoisotopic (exact) mass is 519 g/mol. The molecule has 0 radical (unpaired) electrons. The van der Waals surface area contributed by atoms with Gasteiger partial charge in [0.2, 0.25) is 0 Å². The van der Waals surface area contributed by atoms with Crippen LogP contribution in [0.25, 0.3) is 22.6 Å². The van der Waals surface area contributed by atoms with E-state index in [-0.39, 0.29) is 0 Å². The Labute approximate surface area is 229 Å². The molecule has 0 spiro atoms. The first-order valence-electron chi connectivity index (χ1n) is 12.9. The van der Waals surface area contributed by atoms with Crippen LogP contribution in [0.4, 0.5) is 5.82 Å². The van der Waals surface area contributed by atoms with E-state index in [0.717, 1.165) is 50.9 Å². The molecule has 8 heteroatoms. The minimum atomic E-state index is 0.506. The van der Waals surface area contributed by atoms with Crippen molar-refractivity contribution in [3.63, 3.8) is 0 Å². The molecule has 3 heterocycles. The molecule has 0 unspecified atom stereocenters. The molecule has 0 aliphatic carbocycles. The lowest BCUT2D eigenvalue weighted by Gasteiger charge is -2.09. The second kappa shape index (κ2) is 13.5. The summed E-state index contributed by atoms with van der Waals surface area (Å²) in [5.74, 6) is 1.49. The van der Waals surface area contributed by atoms with Crippen molar-refractivity contribution in [1.82, 2.24) is 19.4 Å². The number of hydrogen-bond donors (Lipinski definition) is 2. The fourth-order valence-electron chi connectivity index (χ4n) is 3.94. The van der Waals surface area contributed by atoms with E-state index in [2.05, 4.69) is 37.4 Å². The smallest absolute Gasteiger partial charge is 0.140 e. The normalized spacial score (nSPS) is 11.3. The average molecular weight is 520 g/mol. The van der Waals surface area contributed by atoms with Crippen molar-refractivity contribution in [3.8, 4) is 17.1 Å². The molecule has 0 fully saturated rings. The van der Waals surface area contributed by atoms with Crippen LogP contribution in [-0.4, -0.2) is 32.6 Å². The minimum Gasteiger partial charge on any atom is -0.489 e. The summed E-state index contributed by atoms with van der Waals surface area (Å²) in [4.78, 5) is 17.4. The Kier molecular flexibility index (Phi) is 9.39. The molecule has 0 aliphatic rings. The van der Waals surface area contributed by atoms with Gasteiger partial charge in [-0.3, -0.25) is 9.39 Å². The molecule has 39 heavy (non-hydrogen) atoms. The standard InChI is InChI=1S/C29H27N7O.C2H6/c1-31-17-24(15-30)23-9-7-21(8-10-23)16-32-28-14-26(34-20-35-28)27-18-33-29-13-25(11-12-36(27)29)37-19-22-5-3-2-4-6-22;1-2/h2-15,17-18,20H,16,19,30H2,1H3,(H,32,34,35);1-2H3/b24-15+,31-17?;. The molecule has 5 aromatic rings. The second-order valence-corrected chi connectivity index (χ2v) is 8.36. The molecular weight excluding hydrogens is 486 g/mol. The number of imidazole rings is 1. The molecule has 3 N–H and O–H groups in total. The number of anilines is 1. The lowest BCUT2D eigenvalue weighted by molar-refractivity contribution is 0.306. The van der Waals surface area contributed by atoms with E-state index in [1.807, 2.05) is 91.3 Å². The quantitative estimate of drug-likeness (QED) is 0.231. The number of fused-ring (bicyclic) bond motifs is 1. The Morgan fingerprint density at radius 3 is 2.51 bits per heavy atom. The van der Waals surface area contributed by atoms with E-state index in [0.29, 0.717) is 13.2 Å². The van der Waals surface area contributed by atoms with Crippen LogP contribution in [0, 0.1) is 0 Å². The zero-order valence-electron chi connectivity index (χ0n) is 22.5. The van der Waals surface area contributed by atoms with Crippen molar-refractivity contribution in [2.45, 2.75) is 27.0 Å². The first kappa shape index (κ1) is 27.1. The molecule has 0 aliphatic heterocycles. The highest BCUT2D eigenvalue weighted by molar-refractivity contribution is 6.09. The Balaban J connectivity index is 0.00000172. The van der Waals surface area contributed by atoms with Crippen molar-refractivity contribution in [2.75, 3.05) is 12.4 Å². The summed E-state index contributed by atoms with van der Waals surface area (Å²) in [7, 11) is 1.73. The number of pyridine rings is 1. The number of benzene rings is 2. The highest BCUT2D eigenvalue weighted by Gasteiger charge is 2.10. The zero-order valence-corrected chi connectivity index (χ0v) is 22.5. The van der Waals surface area contributed by atoms with Gasteiger partial charge in [0.25, 0.3) is 0 Å². The number of rotatable bonds is 9. The summed E-state index contributed by atoms with van der Waals surface area (Å²) in [6, 6.07) is 24.0. The van der Waals surface area contributed by atoms with Crippen LogP contribution in [-0.2, 0) is 13.2 Å². The molecule has 5 rings (SSSR count). The number of nitrogens with zero attached hydrogens (tertiary/aromatic N) is 5. The van der Waals surface area contributed by atoms with Gasteiger partial charge >= 0.3 is 0 Å². The van der Waals surface area contributed by atoms with Crippen LogP contribution in [0.2, 0.25) is 0 Å². The van der Waals surface area contributed by atoms with E-state index in [9.17, 15) is 0 Å². The van der Waals surface area contributed by atoms with Crippen LogP contribution >= 0.6 is 0 Å². The van der Waals surface area contributed by atoms with Crippen LogP contribution in [0.5, 0.6) is 5.75 Å². The molecular formula is C31H33N7O. The first-order valence-corrected chi connectivity index (χ1v) is 12.9. The van der Waals surface area contributed by atoms with Gasteiger partial charge in [0.15, 0.2) is 0 Å². The van der Waals surface area contributed by atoms with Crippen LogP contribution in [0.1, 0.15) is 30.5 Å². The molecule has 8 nitrogen and oxygen atoms in total. The summed E-state index contributed by atoms with van der Waals surface area (Å²) in [5.41, 5.74) is 12.3. The van der Waals surface area contributed by atoms with Crippen molar-refractivity contribution < 1.29 is 4.74 Å². The average Bonchev–Trinajstić information content (AvgIpc) is 3.43. The van der Waals surface area contributed by atoms with Gasteiger partial charge in [-0.2, -0.15) is 0 Å². The minimum absolute atomic E-state index is 0.506. The molecule has 0 atom stereocenters. The molecule has 0 saturated heterocycles. The van der Waals surface area contributed by atoms with E-state index in [1.165, 1.54) is 0 Å². The molecule has 2 aromatic carbocycles. The Bertz CT molecular complexity index is 1540. The molecule has 0 amide bonds. The topological polar surface area (TPSA) is 103 Å². The lowest BCUT2D eigenvalue weighted by Crippen LogP contribution is -2.03. The molecule has 198 valence electrons. The van der Waals surface area contributed by atoms with Crippen molar-refractivity contribution in [3.05, 3.63) is 114 Å². The van der Waals surface area contributed by atoms with Crippen molar-refractivity contribution in [1.29, 1.82) is 0 Å². The lowest BCUT2D eigenvalue weighted by atomic mass is 10.1. The third kappa shape index (κ3) is 6.87. The number of hydrogen-bond acceptors (Lipinski definition) is 7. The zero-order chi connectivity index (χ0) is 27.5. The Hall–Kier alpha value is -4.98. The molecule has 0 saturated carbocycles. The maximum absolute atomic E-state index is 5.94. The van der Waals surface area contributed by atoms with Gasteiger partial charge in [-0.05, 0) is 22.8 Å². The van der Waals surface area contributed by atoms with Gasteiger partial charge in [0, 0.05) is 49.9 Å². The number of nitrogens with two attached hydrogens (primary N) is 1. The number of allylic oxidation sites excluding steroid dienone is 1. The fraction of sp³-hybridized carbons (Fsp3) is 0.161. The fourth-order valence-corrected chi connectivity index (χ4v) is 3.94. The van der Waals surface area contributed by atoms with E-state index in [1.54, 1.807) is 25.8 Å². The first-order chi connectivity index (χ1) is 19.2. The van der Waals surface area contributed by atoms with Gasteiger partial charge in [0.05, 0.1) is 17.6 Å². The number of nitrogens with one attached hydrogen (secondary N) is 1. The van der Waals surface area contributed by atoms with E-state index in [4.69, 9.17) is 10.5 Å². The number of ether oxygens (including phenoxy) is 1. The number of aromatic nitrogens is 4. The predicted octanol–water partition coefficient (Wildman–Crippen LogP) is 6.01. The summed E-state index contributed by atoms with van der Waals surface area (Å²) < 4.78 is 7.93. The molecule has 0 bridgehead atoms. The summed E-state index contributed by atoms with van der Waals surface area (Å²) >= 11 is 0. The van der Waals surface area contributed by atoms with E-state index < -0.39 is 0 Å². The van der Waals surface area contributed by atoms with Crippen molar-refractivity contribution >= 4 is 23.3 Å². The molecule has 3 aromatic heterocycles. The highest BCUT2D eigenvalue weighted by atomic mass is 16.5. The Morgan fingerprint density at radius 1 is 0.974 bits per heavy atom. The maximum atomic E-state index is 5.94. The Morgan fingerprint density at radius 2 is 1.77 bits per heavy atom. The largest absolute Gasteiger partial charge is 0.489 e. The SMILES string of the molecule is CC.CN=C/C(=C\N)c1ccc(CNc2cc(-c3cnc4cc(OCc5ccccc5)ccn34)ncn2)cc1. The van der Waals surface area contributed by atoms with E-state index >= 15 is 0 Å². The summed E-state index contributed by atoms with van der Waals surface area (Å²) in [5, 5.41) is 3.37.